The summed E-state index contributed by atoms with van der Waals surface area (Å²) >= 11 is 5.84. The molecule has 86 valence electrons. The van der Waals surface area contributed by atoms with Crippen molar-refractivity contribution in [3.63, 3.8) is 0 Å². The second-order valence-corrected chi connectivity index (χ2v) is 3.71. The Labute approximate surface area is 97.5 Å². The standard InChI is InChI=1S/C11H11ClO4/c12-9-6-7(2-1-5-13)3-4-8(9)10(14)11(15)16/h3-6,10,14H,1-2H2,(H,15,16). The van der Waals surface area contributed by atoms with Crippen molar-refractivity contribution in [2.75, 3.05) is 0 Å². The molecule has 1 unspecified atom stereocenters. The molecule has 1 aromatic rings. The summed E-state index contributed by atoms with van der Waals surface area (Å²) in [6, 6.07) is 4.67. The molecule has 0 aliphatic rings. The first-order valence-electron chi connectivity index (χ1n) is 4.69. The van der Waals surface area contributed by atoms with Crippen LogP contribution in [-0.4, -0.2) is 22.5 Å². The van der Waals surface area contributed by atoms with Crippen molar-refractivity contribution in [3.05, 3.63) is 34.3 Å². The first-order valence-corrected chi connectivity index (χ1v) is 5.07. The highest BCUT2D eigenvalue weighted by Crippen LogP contribution is 2.24. The Morgan fingerprint density at radius 3 is 2.69 bits per heavy atom. The Morgan fingerprint density at radius 2 is 2.19 bits per heavy atom. The second kappa shape index (κ2) is 5.63. The molecule has 5 heteroatoms. The van der Waals surface area contributed by atoms with Gasteiger partial charge in [0.2, 0.25) is 0 Å². The van der Waals surface area contributed by atoms with Crippen molar-refractivity contribution in [3.8, 4) is 0 Å². The van der Waals surface area contributed by atoms with E-state index in [2.05, 4.69) is 0 Å². The number of carboxylic acid groups (broad SMARTS) is 1. The van der Waals surface area contributed by atoms with E-state index in [1.165, 1.54) is 6.07 Å². The van der Waals surface area contributed by atoms with E-state index in [9.17, 15) is 14.7 Å². The lowest BCUT2D eigenvalue weighted by molar-refractivity contribution is -0.146. The lowest BCUT2D eigenvalue weighted by Gasteiger charge is -2.09. The number of carbonyl (C=O) groups is 2. The lowest BCUT2D eigenvalue weighted by atomic mass is 10.0. The number of carbonyl (C=O) groups excluding carboxylic acids is 1. The topological polar surface area (TPSA) is 74.6 Å². The molecule has 0 fully saturated rings. The minimum Gasteiger partial charge on any atom is -0.479 e. The Bertz CT molecular complexity index is 403. The average Bonchev–Trinajstić information content (AvgIpc) is 2.25. The van der Waals surface area contributed by atoms with Crippen LogP contribution in [0.3, 0.4) is 0 Å². The van der Waals surface area contributed by atoms with Gasteiger partial charge in [-0.1, -0.05) is 23.7 Å². The number of aliphatic hydroxyl groups is 1. The fraction of sp³-hybridized carbons (Fsp3) is 0.273. The largest absolute Gasteiger partial charge is 0.479 e. The van der Waals surface area contributed by atoms with Gasteiger partial charge in [0.05, 0.1) is 0 Å². The Hall–Kier alpha value is -1.39. The van der Waals surface area contributed by atoms with E-state index in [0.717, 1.165) is 11.8 Å². The van der Waals surface area contributed by atoms with E-state index in [1.807, 2.05) is 0 Å². The molecule has 4 nitrogen and oxygen atoms in total. The number of hydrogen-bond acceptors (Lipinski definition) is 3. The zero-order valence-electron chi connectivity index (χ0n) is 8.39. The Balaban J connectivity index is 2.90. The highest BCUT2D eigenvalue weighted by molar-refractivity contribution is 6.31. The van der Waals surface area contributed by atoms with Crippen LogP contribution in [0.4, 0.5) is 0 Å². The molecule has 0 aliphatic heterocycles. The number of rotatable bonds is 5. The molecule has 0 aromatic heterocycles. The van der Waals surface area contributed by atoms with Gasteiger partial charge in [0.1, 0.15) is 6.29 Å². The number of aryl methyl sites for hydroxylation is 1. The van der Waals surface area contributed by atoms with E-state index in [-0.39, 0.29) is 10.6 Å². The maximum atomic E-state index is 10.6. The van der Waals surface area contributed by atoms with Crippen LogP contribution in [0.15, 0.2) is 18.2 Å². The summed E-state index contributed by atoms with van der Waals surface area (Å²) in [4.78, 5) is 20.7. The molecule has 0 bridgehead atoms. The summed E-state index contributed by atoms with van der Waals surface area (Å²) in [5, 5.41) is 18.1. The third-order valence-electron chi connectivity index (χ3n) is 2.14. The molecule has 0 amide bonds. The summed E-state index contributed by atoms with van der Waals surface area (Å²) in [6.07, 6.45) is 0.116. The molecular weight excluding hydrogens is 232 g/mol. The van der Waals surface area contributed by atoms with Crippen molar-refractivity contribution >= 4 is 23.9 Å². The minimum absolute atomic E-state index is 0.156. The van der Waals surface area contributed by atoms with Crippen molar-refractivity contribution in [1.82, 2.24) is 0 Å². The van der Waals surface area contributed by atoms with Gasteiger partial charge in [-0.25, -0.2) is 4.79 Å². The van der Waals surface area contributed by atoms with Crippen LogP contribution in [0.5, 0.6) is 0 Å². The van der Waals surface area contributed by atoms with Gasteiger partial charge in [0, 0.05) is 17.0 Å². The molecule has 1 atom stereocenters. The van der Waals surface area contributed by atoms with Crippen LogP contribution in [-0.2, 0) is 16.0 Å². The van der Waals surface area contributed by atoms with Crippen molar-refractivity contribution < 1.29 is 19.8 Å². The maximum absolute atomic E-state index is 10.6. The lowest BCUT2D eigenvalue weighted by Crippen LogP contribution is -2.11. The first kappa shape index (κ1) is 12.7. The number of aliphatic carboxylic acids is 1. The van der Waals surface area contributed by atoms with Crippen LogP contribution in [0.2, 0.25) is 5.02 Å². The zero-order chi connectivity index (χ0) is 12.1. The smallest absolute Gasteiger partial charge is 0.337 e. The number of aldehydes is 1. The Kier molecular flexibility index (Phi) is 4.46. The molecule has 0 heterocycles. The highest BCUT2D eigenvalue weighted by atomic mass is 35.5. The van der Waals surface area contributed by atoms with E-state index in [4.69, 9.17) is 16.7 Å². The minimum atomic E-state index is -1.62. The summed E-state index contributed by atoms with van der Waals surface area (Å²) in [5.41, 5.74) is 0.988. The predicted octanol–water partition coefficient (Wildman–Crippen LogP) is 1.59. The second-order valence-electron chi connectivity index (χ2n) is 3.30. The molecule has 0 radical (unpaired) electrons. The number of hydrogen-bond donors (Lipinski definition) is 2. The van der Waals surface area contributed by atoms with E-state index >= 15 is 0 Å². The summed E-state index contributed by atoms with van der Waals surface area (Å²) < 4.78 is 0. The summed E-state index contributed by atoms with van der Waals surface area (Å²) in [6.45, 7) is 0. The third kappa shape index (κ3) is 3.05. The van der Waals surface area contributed by atoms with Gasteiger partial charge in [-0.15, -0.1) is 0 Å². The number of carboxylic acids is 1. The van der Waals surface area contributed by atoms with Crippen LogP contribution < -0.4 is 0 Å². The molecular formula is C11H11ClO4. The van der Waals surface area contributed by atoms with Gasteiger partial charge in [0.15, 0.2) is 6.10 Å². The fourth-order valence-corrected chi connectivity index (χ4v) is 1.61. The number of halogens is 1. The van der Waals surface area contributed by atoms with E-state index in [1.54, 1.807) is 12.1 Å². The van der Waals surface area contributed by atoms with Gasteiger partial charge < -0.3 is 15.0 Å². The van der Waals surface area contributed by atoms with Crippen LogP contribution in [0.1, 0.15) is 23.7 Å². The van der Waals surface area contributed by atoms with Crippen molar-refractivity contribution in [2.24, 2.45) is 0 Å². The summed E-state index contributed by atoms with van der Waals surface area (Å²) in [5.74, 6) is -1.34. The van der Waals surface area contributed by atoms with Gasteiger partial charge in [-0.2, -0.15) is 0 Å². The van der Waals surface area contributed by atoms with Crippen molar-refractivity contribution in [2.45, 2.75) is 18.9 Å². The van der Waals surface area contributed by atoms with E-state index in [0.29, 0.717) is 12.8 Å². The summed E-state index contributed by atoms with van der Waals surface area (Å²) in [7, 11) is 0. The monoisotopic (exact) mass is 242 g/mol. The maximum Gasteiger partial charge on any atom is 0.337 e. The van der Waals surface area contributed by atoms with Gasteiger partial charge in [-0.05, 0) is 18.1 Å². The van der Waals surface area contributed by atoms with Gasteiger partial charge in [0.25, 0.3) is 0 Å². The third-order valence-corrected chi connectivity index (χ3v) is 2.47. The highest BCUT2D eigenvalue weighted by Gasteiger charge is 2.18. The predicted molar refractivity (Wildman–Crippen MR) is 58.4 cm³/mol. The van der Waals surface area contributed by atoms with Crippen LogP contribution in [0.25, 0.3) is 0 Å². The van der Waals surface area contributed by atoms with E-state index < -0.39 is 12.1 Å². The molecule has 16 heavy (non-hydrogen) atoms. The molecule has 1 aromatic carbocycles. The quantitative estimate of drug-likeness (QED) is 0.769. The molecule has 0 spiro atoms. The molecule has 2 N–H and O–H groups in total. The normalized spacial score (nSPS) is 12.1. The molecule has 1 rings (SSSR count). The van der Waals surface area contributed by atoms with Gasteiger partial charge in [-0.3, -0.25) is 0 Å². The first-order chi connectivity index (χ1) is 7.56. The van der Waals surface area contributed by atoms with Crippen molar-refractivity contribution in [1.29, 1.82) is 0 Å². The average molecular weight is 243 g/mol. The molecule has 0 saturated heterocycles. The molecule has 0 saturated carbocycles. The fourth-order valence-electron chi connectivity index (χ4n) is 1.31. The number of benzene rings is 1. The van der Waals surface area contributed by atoms with Crippen LogP contribution >= 0.6 is 11.6 Å². The SMILES string of the molecule is O=CCCc1ccc(C(O)C(=O)O)c(Cl)c1. The zero-order valence-corrected chi connectivity index (χ0v) is 9.15. The van der Waals surface area contributed by atoms with Crippen LogP contribution in [0, 0.1) is 0 Å². The van der Waals surface area contributed by atoms with Gasteiger partial charge >= 0.3 is 5.97 Å². The Morgan fingerprint density at radius 1 is 1.50 bits per heavy atom. The molecule has 0 aliphatic carbocycles. The number of aliphatic hydroxyl groups excluding tert-OH is 1.